The largest absolute Gasteiger partial charge is 0.478 e. The summed E-state index contributed by atoms with van der Waals surface area (Å²) in [6.45, 7) is 3.06. The fourth-order valence-corrected chi connectivity index (χ4v) is 4.96. The van der Waals surface area contributed by atoms with Gasteiger partial charge in [0.1, 0.15) is 5.69 Å². The Morgan fingerprint density at radius 2 is 2.15 bits per heavy atom. The number of hydrogen-bond donors (Lipinski definition) is 2. The molecule has 0 radical (unpaired) electrons. The van der Waals surface area contributed by atoms with Crippen LogP contribution in [0.3, 0.4) is 0 Å². The van der Waals surface area contributed by atoms with Gasteiger partial charge in [-0.1, -0.05) is 25.8 Å². The summed E-state index contributed by atoms with van der Waals surface area (Å²) in [5.74, 6) is -0.366. The molecule has 2 N–H and O–H groups in total. The molecule has 5 nitrogen and oxygen atoms in total. The van der Waals surface area contributed by atoms with Gasteiger partial charge >= 0.3 is 5.97 Å². The molecule has 3 aromatic rings. The number of benzene rings is 1. The number of anilines is 1. The molecule has 4 rings (SSSR count). The van der Waals surface area contributed by atoms with Gasteiger partial charge in [0.15, 0.2) is 5.13 Å². The number of aryl methyl sites for hydroxylation is 1. The van der Waals surface area contributed by atoms with Crippen molar-refractivity contribution in [1.82, 2.24) is 9.55 Å². The molecule has 6 heteroatoms. The zero-order chi connectivity index (χ0) is 19.0. The maximum Gasteiger partial charge on any atom is 0.335 e. The van der Waals surface area contributed by atoms with Crippen molar-refractivity contribution in [3.05, 3.63) is 34.7 Å². The monoisotopic (exact) mass is 383 g/mol. The van der Waals surface area contributed by atoms with Gasteiger partial charge < -0.3 is 15.0 Å². The van der Waals surface area contributed by atoms with Crippen molar-refractivity contribution < 1.29 is 9.90 Å². The van der Waals surface area contributed by atoms with E-state index in [1.165, 1.54) is 36.6 Å². The predicted molar refractivity (Wildman–Crippen MR) is 111 cm³/mol. The number of carboxylic acids is 1. The maximum absolute atomic E-state index is 11.4. The van der Waals surface area contributed by atoms with Gasteiger partial charge in [-0.25, -0.2) is 9.78 Å². The highest BCUT2D eigenvalue weighted by atomic mass is 32.1. The minimum atomic E-state index is -0.887. The molecule has 1 aromatic carbocycles. The molecule has 0 saturated heterocycles. The highest BCUT2D eigenvalue weighted by Gasteiger charge is 2.27. The second-order valence-electron chi connectivity index (χ2n) is 7.30. The third-order valence-electron chi connectivity index (χ3n) is 5.52. The average Bonchev–Trinajstić information content (AvgIpc) is 3.39. The zero-order valence-electron chi connectivity index (χ0n) is 15.8. The normalized spacial score (nSPS) is 14.9. The number of nitrogens with zero attached hydrogens (tertiary/aromatic N) is 2. The lowest BCUT2D eigenvalue weighted by atomic mass is 9.93. The van der Waals surface area contributed by atoms with Crippen LogP contribution in [0.2, 0.25) is 0 Å². The first-order chi connectivity index (χ1) is 13.1. The van der Waals surface area contributed by atoms with Crippen molar-refractivity contribution >= 4 is 33.3 Å². The van der Waals surface area contributed by atoms with E-state index < -0.39 is 5.97 Å². The molecular formula is C21H25N3O2S. The molecule has 1 fully saturated rings. The summed E-state index contributed by atoms with van der Waals surface area (Å²) in [7, 11) is 2.03. The minimum absolute atomic E-state index is 0.330. The standard InChI is InChI=1S/C21H25N3O2S/c1-3-10-22-21-23-16(12-27-21)19-18(13-6-4-5-7-13)15-9-8-14(20(25)26)11-17(15)24(19)2/h8-9,11-13H,3-7,10H2,1-2H3,(H,22,23)(H,25,26). The first kappa shape index (κ1) is 18.0. The summed E-state index contributed by atoms with van der Waals surface area (Å²) in [5.41, 5.74) is 4.77. The fraction of sp³-hybridized carbons (Fsp3) is 0.429. The summed E-state index contributed by atoms with van der Waals surface area (Å²) in [5, 5.41) is 17.0. The van der Waals surface area contributed by atoms with Crippen LogP contribution >= 0.6 is 11.3 Å². The summed E-state index contributed by atoms with van der Waals surface area (Å²) >= 11 is 1.63. The Kier molecular flexibility index (Phi) is 4.91. The van der Waals surface area contributed by atoms with Crippen molar-refractivity contribution in [3.63, 3.8) is 0 Å². The number of rotatable bonds is 6. The molecule has 27 heavy (non-hydrogen) atoms. The van der Waals surface area contributed by atoms with E-state index in [0.717, 1.165) is 35.0 Å². The molecule has 0 spiro atoms. The molecule has 0 aliphatic heterocycles. The van der Waals surface area contributed by atoms with Crippen molar-refractivity contribution in [2.45, 2.75) is 44.9 Å². The predicted octanol–water partition coefficient (Wildman–Crippen LogP) is 5.48. The molecule has 0 unspecified atom stereocenters. The molecule has 142 valence electrons. The molecule has 0 amide bonds. The number of hydrogen-bond acceptors (Lipinski definition) is 4. The molecule has 0 atom stereocenters. The van der Waals surface area contributed by atoms with Crippen LogP contribution in [0.5, 0.6) is 0 Å². The van der Waals surface area contributed by atoms with Gasteiger partial charge in [0, 0.05) is 29.9 Å². The average molecular weight is 384 g/mol. The highest BCUT2D eigenvalue weighted by molar-refractivity contribution is 7.14. The van der Waals surface area contributed by atoms with E-state index in [-0.39, 0.29) is 0 Å². The van der Waals surface area contributed by atoms with E-state index in [2.05, 4.69) is 22.2 Å². The first-order valence-corrected chi connectivity index (χ1v) is 10.5. The van der Waals surface area contributed by atoms with Crippen LogP contribution in [0.15, 0.2) is 23.6 Å². The molecule has 2 aromatic heterocycles. The summed E-state index contributed by atoms with van der Waals surface area (Å²) in [6.07, 6.45) is 5.96. The van der Waals surface area contributed by atoms with Crippen molar-refractivity contribution in [2.24, 2.45) is 7.05 Å². The van der Waals surface area contributed by atoms with Gasteiger partial charge in [0.05, 0.1) is 11.3 Å². The van der Waals surface area contributed by atoms with Crippen molar-refractivity contribution in [3.8, 4) is 11.4 Å². The molecular weight excluding hydrogens is 358 g/mol. The van der Waals surface area contributed by atoms with E-state index in [1.54, 1.807) is 23.5 Å². The van der Waals surface area contributed by atoms with Gasteiger partial charge in [-0.3, -0.25) is 0 Å². The second-order valence-corrected chi connectivity index (χ2v) is 8.16. The lowest BCUT2D eigenvalue weighted by Crippen LogP contribution is -2.00. The van der Waals surface area contributed by atoms with Crippen LogP contribution < -0.4 is 5.32 Å². The Labute approximate surface area is 163 Å². The number of aromatic nitrogens is 2. The highest BCUT2D eigenvalue weighted by Crippen LogP contribution is 2.45. The number of thiazole rings is 1. The number of aromatic carboxylic acids is 1. The van der Waals surface area contributed by atoms with E-state index in [1.807, 2.05) is 13.1 Å². The Hall–Kier alpha value is -2.34. The number of fused-ring (bicyclic) bond motifs is 1. The minimum Gasteiger partial charge on any atom is -0.478 e. The van der Waals surface area contributed by atoms with Crippen LogP contribution in [0, 0.1) is 0 Å². The molecule has 1 saturated carbocycles. The topological polar surface area (TPSA) is 67.2 Å². The van der Waals surface area contributed by atoms with Crippen LogP contribution in [-0.4, -0.2) is 27.2 Å². The smallest absolute Gasteiger partial charge is 0.335 e. The summed E-state index contributed by atoms with van der Waals surface area (Å²) in [6, 6.07) is 5.50. The molecule has 0 bridgehead atoms. The van der Waals surface area contributed by atoms with Crippen LogP contribution in [0.25, 0.3) is 22.3 Å². The van der Waals surface area contributed by atoms with Gasteiger partial charge in [0.25, 0.3) is 0 Å². The van der Waals surface area contributed by atoms with Crippen LogP contribution in [-0.2, 0) is 7.05 Å². The van der Waals surface area contributed by atoms with Gasteiger partial charge in [-0.05, 0) is 42.9 Å². The third kappa shape index (κ3) is 3.23. The fourth-order valence-electron chi connectivity index (χ4n) is 4.23. The van der Waals surface area contributed by atoms with Crippen LogP contribution in [0.4, 0.5) is 5.13 Å². The van der Waals surface area contributed by atoms with Crippen LogP contribution in [0.1, 0.15) is 60.9 Å². The second kappa shape index (κ2) is 7.35. The number of carboxylic acid groups (broad SMARTS) is 1. The molecule has 2 heterocycles. The molecule has 1 aliphatic carbocycles. The summed E-state index contributed by atoms with van der Waals surface area (Å²) in [4.78, 5) is 16.3. The summed E-state index contributed by atoms with van der Waals surface area (Å²) < 4.78 is 2.13. The Morgan fingerprint density at radius 1 is 1.37 bits per heavy atom. The van der Waals surface area contributed by atoms with Crippen molar-refractivity contribution in [1.29, 1.82) is 0 Å². The number of nitrogens with one attached hydrogen (secondary N) is 1. The van der Waals surface area contributed by atoms with Gasteiger partial charge in [-0.2, -0.15) is 0 Å². The van der Waals surface area contributed by atoms with E-state index in [0.29, 0.717) is 11.5 Å². The molecule has 1 aliphatic rings. The van der Waals surface area contributed by atoms with Gasteiger partial charge in [-0.15, -0.1) is 11.3 Å². The van der Waals surface area contributed by atoms with Crippen molar-refractivity contribution in [2.75, 3.05) is 11.9 Å². The van der Waals surface area contributed by atoms with E-state index in [4.69, 9.17) is 4.98 Å². The Morgan fingerprint density at radius 3 is 2.85 bits per heavy atom. The van der Waals surface area contributed by atoms with Gasteiger partial charge in [0.2, 0.25) is 0 Å². The quantitative estimate of drug-likeness (QED) is 0.591. The first-order valence-electron chi connectivity index (χ1n) is 9.65. The maximum atomic E-state index is 11.4. The third-order valence-corrected chi connectivity index (χ3v) is 6.32. The lowest BCUT2D eigenvalue weighted by Gasteiger charge is -2.12. The SMILES string of the molecule is CCCNc1nc(-c2c(C3CCCC3)c3ccc(C(=O)O)cc3n2C)cs1. The lowest BCUT2D eigenvalue weighted by molar-refractivity contribution is 0.0697. The van der Waals surface area contributed by atoms with E-state index >= 15 is 0 Å². The zero-order valence-corrected chi connectivity index (χ0v) is 16.6. The Bertz CT molecular complexity index is 983. The van der Waals surface area contributed by atoms with E-state index in [9.17, 15) is 9.90 Å². The Balaban J connectivity index is 1.89. The number of carbonyl (C=O) groups is 1.